The fraction of sp³-hybridized carbons (Fsp3) is 1.00. The van der Waals surface area contributed by atoms with E-state index in [1.54, 1.807) is 0 Å². The zero-order chi connectivity index (χ0) is 10.9. The van der Waals surface area contributed by atoms with Gasteiger partial charge in [0.15, 0.2) is 0 Å². The van der Waals surface area contributed by atoms with Gasteiger partial charge in [-0.05, 0) is 31.2 Å². The average molecular weight is 222 g/mol. The molecule has 1 saturated carbocycles. The van der Waals surface area contributed by atoms with Crippen molar-refractivity contribution >= 4 is 0 Å². The molecule has 3 atom stereocenters. The fourth-order valence-corrected chi connectivity index (χ4v) is 2.90. The summed E-state index contributed by atoms with van der Waals surface area (Å²) in [5.41, 5.74) is 0. The van der Waals surface area contributed by atoms with Crippen molar-refractivity contribution in [2.75, 3.05) is 19.6 Å². The molecule has 0 amide bonds. The van der Waals surface area contributed by atoms with Crippen molar-refractivity contribution in [2.45, 2.75) is 31.5 Å². The Morgan fingerprint density at radius 1 is 1.27 bits per heavy atom. The summed E-state index contributed by atoms with van der Waals surface area (Å²) >= 11 is 0. The van der Waals surface area contributed by atoms with Crippen molar-refractivity contribution in [3.63, 3.8) is 0 Å². The Hall–Kier alpha value is -0.290. The number of alkyl halides is 3. The number of fused-ring (bicyclic) bond motifs is 1. The smallest absolute Gasteiger partial charge is 0.312 e. The first-order valence-corrected chi connectivity index (χ1v) is 5.57. The van der Waals surface area contributed by atoms with Crippen LogP contribution in [0, 0.1) is 11.8 Å². The summed E-state index contributed by atoms with van der Waals surface area (Å²) < 4.78 is 35.7. The normalized spacial score (nSPS) is 35.8. The van der Waals surface area contributed by atoms with Crippen molar-refractivity contribution in [2.24, 2.45) is 11.8 Å². The van der Waals surface area contributed by atoms with Crippen LogP contribution < -0.4 is 10.6 Å². The lowest BCUT2D eigenvalue weighted by molar-refractivity contribution is -0.124. The monoisotopic (exact) mass is 222 g/mol. The zero-order valence-electron chi connectivity index (χ0n) is 8.61. The molecule has 5 heteroatoms. The lowest BCUT2D eigenvalue weighted by Crippen LogP contribution is -2.41. The van der Waals surface area contributed by atoms with Crippen LogP contribution in [0.1, 0.15) is 19.3 Å². The Balaban J connectivity index is 1.71. The molecule has 1 aliphatic heterocycles. The van der Waals surface area contributed by atoms with Crippen molar-refractivity contribution in [1.82, 2.24) is 10.6 Å². The molecule has 0 aromatic rings. The Morgan fingerprint density at radius 2 is 2.07 bits per heavy atom. The third-order valence-corrected chi connectivity index (χ3v) is 3.57. The maximum atomic E-state index is 11.9. The minimum Gasteiger partial charge on any atom is -0.312 e. The van der Waals surface area contributed by atoms with Gasteiger partial charge in [0.25, 0.3) is 0 Å². The summed E-state index contributed by atoms with van der Waals surface area (Å²) in [7, 11) is 0. The quantitative estimate of drug-likeness (QED) is 0.756. The molecule has 0 bridgehead atoms. The van der Waals surface area contributed by atoms with E-state index in [0.717, 1.165) is 6.54 Å². The fourth-order valence-electron chi connectivity index (χ4n) is 2.90. The minimum atomic E-state index is -4.09. The molecule has 0 aromatic carbocycles. The molecule has 2 fully saturated rings. The van der Waals surface area contributed by atoms with Crippen LogP contribution >= 0.6 is 0 Å². The van der Waals surface area contributed by atoms with Crippen molar-refractivity contribution in [3.8, 4) is 0 Å². The van der Waals surface area contributed by atoms with Gasteiger partial charge < -0.3 is 10.6 Å². The predicted molar refractivity (Wildman–Crippen MR) is 51.5 cm³/mol. The van der Waals surface area contributed by atoms with Crippen LogP contribution in [0.2, 0.25) is 0 Å². The first-order valence-electron chi connectivity index (χ1n) is 5.57. The number of halogens is 3. The van der Waals surface area contributed by atoms with Crippen molar-refractivity contribution in [1.29, 1.82) is 0 Å². The Morgan fingerprint density at radius 3 is 2.80 bits per heavy atom. The van der Waals surface area contributed by atoms with E-state index >= 15 is 0 Å². The second kappa shape index (κ2) is 4.29. The molecule has 1 aliphatic carbocycles. The SMILES string of the molecule is FC(F)(F)CNCC1NCC2CCCC21. The van der Waals surface area contributed by atoms with E-state index in [0.29, 0.717) is 18.4 Å². The highest BCUT2D eigenvalue weighted by Crippen LogP contribution is 2.37. The van der Waals surface area contributed by atoms with Crippen LogP contribution in [0.5, 0.6) is 0 Å². The van der Waals surface area contributed by atoms with Gasteiger partial charge >= 0.3 is 6.18 Å². The lowest BCUT2D eigenvalue weighted by atomic mass is 9.94. The topological polar surface area (TPSA) is 24.1 Å². The summed E-state index contributed by atoms with van der Waals surface area (Å²) in [5.74, 6) is 1.31. The van der Waals surface area contributed by atoms with Crippen LogP contribution in [-0.2, 0) is 0 Å². The molecule has 3 unspecified atom stereocenters. The average Bonchev–Trinajstić information content (AvgIpc) is 2.66. The molecule has 15 heavy (non-hydrogen) atoms. The molecule has 0 radical (unpaired) electrons. The third-order valence-electron chi connectivity index (χ3n) is 3.57. The van der Waals surface area contributed by atoms with Gasteiger partial charge in [0.05, 0.1) is 6.54 Å². The standard InChI is InChI=1S/C10H17F3N2/c11-10(12,13)6-14-5-9-8-3-1-2-7(8)4-15-9/h7-9,14-15H,1-6H2. The summed E-state index contributed by atoms with van der Waals surface area (Å²) in [6.07, 6.45) is -0.427. The van der Waals surface area contributed by atoms with Crippen molar-refractivity contribution < 1.29 is 13.2 Å². The van der Waals surface area contributed by atoms with Gasteiger partial charge in [0.1, 0.15) is 0 Å². The van der Waals surface area contributed by atoms with E-state index < -0.39 is 12.7 Å². The van der Waals surface area contributed by atoms with Crippen molar-refractivity contribution in [3.05, 3.63) is 0 Å². The Bertz CT molecular complexity index is 217. The van der Waals surface area contributed by atoms with Gasteiger partial charge in [-0.2, -0.15) is 13.2 Å². The molecule has 2 N–H and O–H groups in total. The van der Waals surface area contributed by atoms with E-state index in [4.69, 9.17) is 0 Å². The second-order valence-corrected chi connectivity index (χ2v) is 4.62. The Kier molecular flexibility index (Phi) is 3.21. The number of hydrogen-bond acceptors (Lipinski definition) is 2. The molecular weight excluding hydrogens is 205 g/mol. The van der Waals surface area contributed by atoms with Crippen LogP contribution in [0.4, 0.5) is 13.2 Å². The zero-order valence-corrected chi connectivity index (χ0v) is 8.61. The summed E-state index contributed by atoms with van der Waals surface area (Å²) in [6.45, 7) is 0.562. The first kappa shape index (κ1) is 11.2. The highest BCUT2D eigenvalue weighted by molar-refractivity contribution is 4.94. The number of hydrogen-bond donors (Lipinski definition) is 2. The maximum Gasteiger partial charge on any atom is 0.401 e. The van der Waals surface area contributed by atoms with Gasteiger partial charge in [0.2, 0.25) is 0 Å². The van der Waals surface area contributed by atoms with Gasteiger partial charge in [-0.25, -0.2) is 0 Å². The highest BCUT2D eigenvalue weighted by Gasteiger charge is 2.38. The largest absolute Gasteiger partial charge is 0.401 e. The van der Waals surface area contributed by atoms with Gasteiger partial charge in [0, 0.05) is 12.6 Å². The summed E-state index contributed by atoms with van der Waals surface area (Å²) in [6, 6.07) is 0.250. The molecule has 1 heterocycles. The van der Waals surface area contributed by atoms with E-state index in [2.05, 4.69) is 10.6 Å². The van der Waals surface area contributed by atoms with Gasteiger partial charge in [-0.1, -0.05) is 6.42 Å². The first-order chi connectivity index (χ1) is 7.06. The van der Waals surface area contributed by atoms with Crippen LogP contribution in [0.25, 0.3) is 0 Å². The summed E-state index contributed by atoms with van der Waals surface area (Å²) in [4.78, 5) is 0. The second-order valence-electron chi connectivity index (χ2n) is 4.62. The van der Waals surface area contributed by atoms with E-state index in [-0.39, 0.29) is 6.04 Å². The summed E-state index contributed by atoms with van der Waals surface area (Å²) in [5, 5.41) is 5.81. The molecule has 0 spiro atoms. The molecule has 2 nitrogen and oxygen atoms in total. The van der Waals surface area contributed by atoms with Gasteiger partial charge in [-0.15, -0.1) is 0 Å². The van der Waals surface area contributed by atoms with Crippen LogP contribution in [-0.4, -0.2) is 31.9 Å². The van der Waals surface area contributed by atoms with Crippen LogP contribution in [0.15, 0.2) is 0 Å². The van der Waals surface area contributed by atoms with E-state index in [1.165, 1.54) is 19.3 Å². The maximum absolute atomic E-state index is 11.9. The molecule has 1 saturated heterocycles. The molecule has 2 rings (SSSR count). The third kappa shape index (κ3) is 2.84. The predicted octanol–water partition coefficient (Wildman–Crippen LogP) is 1.53. The molecule has 88 valence electrons. The van der Waals surface area contributed by atoms with E-state index in [9.17, 15) is 13.2 Å². The van der Waals surface area contributed by atoms with Gasteiger partial charge in [-0.3, -0.25) is 0 Å². The Labute approximate surface area is 87.6 Å². The molecule has 2 aliphatic rings. The minimum absolute atomic E-state index is 0.250. The van der Waals surface area contributed by atoms with Crippen LogP contribution in [0.3, 0.4) is 0 Å². The highest BCUT2D eigenvalue weighted by atomic mass is 19.4. The number of nitrogens with one attached hydrogen (secondary N) is 2. The molecule has 0 aromatic heterocycles. The number of rotatable bonds is 3. The van der Waals surface area contributed by atoms with E-state index in [1.807, 2.05) is 0 Å². The molecular formula is C10H17F3N2. The lowest BCUT2D eigenvalue weighted by Gasteiger charge is -2.19.